The molecule has 3 N–H and O–H groups in total. The third-order valence-corrected chi connectivity index (χ3v) is 4.15. The number of hydrogen-bond acceptors (Lipinski definition) is 5. The summed E-state index contributed by atoms with van der Waals surface area (Å²) in [4.78, 5) is 13.0. The van der Waals surface area contributed by atoms with Crippen molar-refractivity contribution in [1.82, 2.24) is 15.0 Å². The largest absolute Gasteiger partial charge is 0.366 e. The Labute approximate surface area is 149 Å². The zero-order valence-electron chi connectivity index (χ0n) is 13.3. The lowest BCUT2D eigenvalue weighted by atomic mass is 9.79. The van der Waals surface area contributed by atoms with E-state index in [4.69, 9.17) is 5.73 Å². The van der Waals surface area contributed by atoms with Crippen LogP contribution in [-0.4, -0.2) is 21.0 Å². The van der Waals surface area contributed by atoms with Crippen LogP contribution in [0.1, 0.15) is 41.3 Å². The number of halogens is 2. The molecule has 0 unspecified atom stereocenters. The lowest BCUT2D eigenvalue weighted by Crippen LogP contribution is -2.35. The van der Waals surface area contributed by atoms with Crippen LogP contribution in [0.2, 0.25) is 0 Å². The Morgan fingerprint density at radius 2 is 1.87 bits per heavy atom. The van der Waals surface area contributed by atoms with Crippen molar-refractivity contribution in [3.8, 4) is 0 Å². The molecule has 126 valence electrons. The van der Waals surface area contributed by atoms with E-state index < -0.39 is 0 Å². The monoisotopic (exact) mass is 355 g/mol. The van der Waals surface area contributed by atoms with E-state index in [0.29, 0.717) is 12.0 Å². The minimum atomic E-state index is 0. The molecule has 0 bridgehead atoms. The number of anilines is 1. The number of aromatic nitrogens is 3. The lowest BCUT2D eigenvalue weighted by molar-refractivity contribution is 0.345. The highest BCUT2D eigenvalue weighted by atomic mass is 35.5. The molecule has 0 aromatic carbocycles. The van der Waals surface area contributed by atoms with Gasteiger partial charge in [-0.25, -0.2) is 9.97 Å². The minimum absolute atomic E-state index is 0. The minimum Gasteiger partial charge on any atom is -0.366 e. The van der Waals surface area contributed by atoms with E-state index in [9.17, 15) is 0 Å². The molecule has 0 spiro atoms. The number of nitrogens with one attached hydrogen (secondary N) is 1. The fraction of sp³-hybridized carbons (Fsp3) is 0.438. The van der Waals surface area contributed by atoms with Crippen molar-refractivity contribution in [3.05, 3.63) is 47.2 Å². The van der Waals surface area contributed by atoms with Crippen molar-refractivity contribution in [1.29, 1.82) is 0 Å². The molecule has 23 heavy (non-hydrogen) atoms. The molecule has 0 saturated heterocycles. The van der Waals surface area contributed by atoms with E-state index in [-0.39, 0.29) is 24.8 Å². The van der Waals surface area contributed by atoms with Crippen LogP contribution in [0, 0.1) is 13.8 Å². The zero-order chi connectivity index (χ0) is 14.8. The smallest absolute Gasteiger partial charge is 0.129 e. The number of hydrogen-bond donors (Lipinski definition) is 2. The third kappa shape index (κ3) is 4.77. The van der Waals surface area contributed by atoms with Gasteiger partial charge in [0.1, 0.15) is 12.1 Å². The van der Waals surface area contributed by atoms with Crippen LogP contribution in [0.15, 0.2) is 24.7 Å². The number of aryl methyl sites for hydroxylation is 2. The molecule has 1 aliphatic rings. The van der Waals surface area contributed by atoms with E-state index in [1.54, 1.807) is 6.33 Å². The van der Waals surface area contributed by atoms with Crippen molar-refractivity contribution in [2.45, 2.75) is 45.2 Å². The van der Waals surface area contributed by atoms with Gasteiger partial charge in [0.2, 0.25) is 0 Å². The summed E-state index contributed by atoms with van der Waals surface area (Å²) in [5.74, 6) is 1.35. The summed E-state index contributed by atoms with van der Waals surface area (Å²) in [5.41, 5.74) is 10.4. The molecule has 2 aromatic rings. The Bertz CT molecular complexity index is 644. The Hall–Kier alpha value is -1.43. The molecule has 2 heterocycles. The summed E-state index contributed by atoms with van der Waals surface area (Å²) in [6, 6.07) is 4.52. The van der Waals surface area contributed by atoms with Gasteiger partial charge in [0.25, 0.3) is 0 Å². The van der Waals surface area contributed by atoms with Crippen molar-refractivity contribution in [2.75, 3.05) is 5.32 Å². The number of nitrogens with two attached hydrogens (primary N) is 1. The van der Waals surface area contributed by atoms with Crippen molar-refractivity contribution >= 4 is 30.6 Å². The molecular formula is C16H23Cl2N5. The average molecular weight is 356 g/mol. The summed E-state index contributed by atoms with van der Waals surface area (Å²) >= 11 is 0. The highest BCUT2D eigenvalue weighted by Gasteiger charge is 2.28. The van der Waals surface area contributed by atoms with Crippen LogP contribution in [-0.2, 0) is 6.54 Å². The molecule has 1 fully saturated rings. The van der Waals surface area contributed by atoms with E-state index in [1.807, 2.05) is 19.2 Å². The Morgan fingerprint density at radius 1 is 1.13 bits per heavy atom. The maximum absolute atomic E-state index is 5.84. The highest BCUT2D eigenvalue weighted by molar-refractivity contribution is 5.85. The van der Waals surface area contributed by atoms with Gasteiger partial charge < -0.3 is 11.1 Å². The van der Waals surface area contributed by atoms with Gasteiger partial charge in [-0.1, -0.05) is 6.07 Å². The molecule has 1 aliphatic carbocycles. The summed E-state index contributed by atoms with van der Waals surface area (Å²) in [7, 11) is 0. The molecule has 1 saturated carbocycles. The first-order chi connectivity index (χ1) is 10.1. The summed E-state index contributed by atoms with van der Waals surface area (Å²) in [6.45, 7) is 4.82. The van der Waals surface area contributed by atoms with Gasteiger partial charge in [-0.3, -0.25) is 4.98 Å². The molecule has 2 aromatic heterocycles. The first kappa shape index (κ1) is 19.6. The van der Waals surface area contributed by atoms with Gasteiger partial charge in [0, 0.05) is 42.2 Å². The molecule has 0 amide bonds. The van der Waals surface area contributed by atoms with Gasteiger partial charge in [-0.2, -0.15) is 0 Å². The van der Waals surface area contributed by atoms with E-state index in [0.717, 1.165) is 42.2 Å². The Balaban J connectivity index is 0.00000132. The van der Waals surface area contributed by atoms with Crippen molar-refractivity contribution in [2.24, 2.45) is 5.73 Å². The second kappa shape index (κ2) is 8.43. The highest BCUT2D eigenvalue weighted by Crippen LogP contribution is 2.34. The van der Waals surface area contributed by atoms with Crippen LogP contribution in [0.4, 0.5) is 5.82 Å². The fourth-order valence-corrected chi connectivity index (χ4v) is 2.59. The van der Waals surface area contributed by atoms with Crippen LogP contribution in [0.25, 0.3) is 0 Å². The molecule has 0 aliphatic heterocycles. The predicted octanol–water partition coefficient (Wildman–Crippen LogP) is 3.15. The van der Waals surface area contributed by atoms with Gasteiger partial charge in [-0.05, 0) is 37.8 Å². The SMILES string of the molecule is Cc1cc(CNc2cc(C3CC(N)C3)ncn2)cnc1C.Cl.Cl. The van der Waals surface area contributed by atoms with Crippen LogP contribution in [0.3, 0.4) is 0 Å². The van der Waals surface area contributed by atoms with Gasteiger partial charge in [0.05, 0.1) is 0 Å². The van der Waals surface area contributed by atoms with E-state index in [1.165, 1.54) is 5.56 Å². The summed E-state index contributed by atoms with van der Waals surface area (Å²) in [5, 5.41) is 3.34. The molecule has 5 nitrogen and oxygen atoms in total. The zero-order valence-corrected chi connectivity index (χ0v) is 15.0. The quantitative estimate of drug-likeness (QED) is 0.880. The van der Waals surface area contributed by atoms with Crippen LogP contribution in [0.5, 0.6) is 0 Å². The van der Waals surface area contributed by atoms with Gasteiger partial charge >= 0.3 is 0 Å². The van der Waals surface area contributed by atoms with E-state index in [2.05, 4.69) is 33.3 Å². The van der Waals surface area contributed by atoms with Gasteiger partial charge in [0.15, 0.2) is 0 Å². The maximum Gasteiger partial charge on any atom is 0.129 e. The number of rotatable bonds is 4. The first-order valence-corrected chi connectivity index (χ1v) is 7.35. The van der Waals surface area contributed by atoms with Crippen molar-refractivity contribution < 1.29 is 0 Å². The van der Waals surface area contributed by atoms with Crippen LogP contribution >= 0.6 is 24.8 Å². The molecule has 7 heteroatoms. The van der Waals surface area contributed by atoms with Gasteiger partial charge in [-0.15, -0.1) is 24.8 Å². The number of pyridine rings is 1. The first-order valence-electron chi connectivity index (χ1n) is 7.35. The fourth-order valence-electron chi connectivity index (χ4n) is 2.59. The van der Waals surface area contributed by atoms with E-state index >= 15 is 0 Å². The third-order valence-electron chi connectivity index (χ3n) is 4.15. The summed E-state index contributed by atoms with van der Waals surface area (Å²) in [6.07, 6.45) is 5.58. The molecule has 0 atom stereocenters. The summed E-state index contributed by atoms with van der Waals surface area (Å²) < 4.78 is 0. The molecular weight excluding hydrogens is 333 g/mol. The maximum atomic E-state index is 5.84. The Morgan fingerprint density at radius 3 is 2.52 bits per heavy atom. The lowest BCUT2D eigenvalue weighted by Gasteiger charge is -2.31. The molecule has 3 rings (SSSR count). The average Bonchev–Trinajstić information content (AvgIpc) is 2.45. The van der Waals surface area contributed by atoms with Crippen molar-refractivity contribution in [3.63, 3.8) is 0 Å². The second-order valence-electron chi connectivity index (χ2n) is 5.86. The second-order valence-corrected chi connectivity index (χ2v) is 5.86. The predicted molar refractivity (Wildman–Crippen MR) is 97.5 cm³/mol. The van der Waals surface area contributed by atoms with Crippen LogP contribution < -0.4 is 11.1 Å². The Kier molecular flexibility index (Phi) is 7.19. The number of nitrogens with zero attached hydrogens (tertiary/aromatic N) is 3. The standard InChI is InChI=1S/C16H21N5.2ClH/c1-10-3-12(7-18-11(10)2)8-19-16-6-15(20-9-21-16)13-4-14(17)5-13;;/h3,6-7,9,13-14H,4-5,8,17H2,1-2H3,(H,19,20,21);2*1H. The topological polar surface area (TPSA) is 76.7 Å². The molecule has 0 radical (unpaired) electrons. The normalized spacial score (nSPS) is 19.1.